The number of carbonyl (C=O) groups excluding carboxylic acids is 1. The Morgan fingerprint density at radius 1 is 1.39 bits per heavy atom. The molecule has 1 N–H and O–H groups in total. The molecule has 3 rings (SSSR count). The number of hydrogen-bond acceptors (Lipinski definition) is 4. The molecule has 2 aromatic rings. The van der Waals surface area contributed by atoms with Crippen molar-refractivity contribution in [2.45, 2.75) is 38.8 Å². The third-order valence-corrected chi connectivity index (χ3v) is 4.17. The number of ether oxygens (including phenoxy) is 1. The molecule has 23 heavy (non-hydrogen) atoms. The number of fused-ring (bicyclic) bond motifs is 1. The maximum atomic E-state index is 12.5. The van der Waals surface area contributed by atoms with E-state index in [0.717, 1.165) is 23.6 Å². The number of hydrogen-bond donors (Lipinski definition) is 1. The van der Waals surface area contributed by atoms with E-state index in [2.05, 4.69) is 35.4 Å². The van der Waals surface area contributed by atoms with Gasteiger partial charge in [-0.3, -0.25) is 4.79 Å². The van der Waals surface area contributed by atoms with Crippen LogP contribution in [0.25, 0.3) is 0 Å². The van der Waals surface area contributed by atoms with Crippen molar-refractivity contribution >= 4 is 5.91 Å². The van der Waals surface area contributed by atoms with Gasteiger partial charge in [0.05, 0.1) is 13.2 Å². The summed E-state index contributed by atoms with van der Waals surface area (Å²) in [7, 11) is 1.92. The van der Waals surface area contributed by atoms with Gasteiger partial charge in [0.15, 0.2) is 11.9 Å². The molecule has 0 aliphatic carbocycles. The van der Waals surface area contributed by atoms with E-state index >= 15 is 0 Å². The Balaban J connectivity index is 1.69. The second-order valence-corrected chi connectivity index (χ2v) is 6.11. The molecule has 1 aromatic carbocycles. The van der Waals surface area contributed by atoms with Crippen molar-refractivity contribution in [2.24, 2.45) is 7.05 Å². The van der Waals surface area contributed by atoms with Crippen LogP contribution in [-0.4, -0.2) is 27.3 Å². The molecule has 1 atom stereocenters. The molecular formula is C17H22N4O2. The summed E-state index contributed by atoms with van der Waals surface area (Å²) in [6.45, 7) is 5.05. The number of nitrogens with one attached hydrogen (secondary N) is 1. The molecule has 6 heteroatoms. The first-order valence-corrected chi connectivity index (χ1v) is 7.93. The summed E-state index contributed by atoms with van der Waals surface area (Å²) in [5.74, 6) is 1.82. The van der Waals surface area contributed by atoms with Gasteiger partial charge in [-0.05, 0) is 17.5 Å². The first kappa shape index (κ1) is 15.7. The third kappa shape index (κ3) is 3.12. The van der Waals surface area contributed by atoms with Gasteiger partial charge in [-0.1, -0.05) is 38.1 Å². The van der Waals surface area contributed by atoms with Crippen molar-refractivity contribution < 1.29 is 9.53 Å². The van der Waals surface area contributed by atoms with Crippen molar-refractivity contribution in [3.8, 4) is 0 Å². The molecule has 0 fully saturated rings. The predicted molar refractivity (Wildman–Crippen MR) is 85.8 cm³/mol. The summed E-state index contributed by atoms with van der Waals surface area (Å²) in [6, 6.07) is 7.94. The molecule has 0 radical (unpaired) electrons. The Bertz CT molecular complexity index is 708. The van der Waals surface area contributed by atoms with Crippen molar-refractivity contribution in [2.75, 3.05) is 6.61 Å². The average Bonchev–Trinajstić information content (AvgIpc) is 2.93. The number of aromatic nitrogens is 3. The minimum atomic E-state index is -0.544. The molecule has 2 heterocycles. The van der Waals surface area contributed by atoms with Crippen LogP contribution in [0, 0.1) is 0 Å². The van der Waals surface area contributed by atoms with Crippen molar-refractivity contribution in [3.63, 3.8) is 0 Å². The second kappa shape index (κ2) is 6.50. The van der Waals surface area contributed by atoms with Crippen LogP contribution in [0.2, 0.25) is 0 Å². The van der Waals surface area contributed by atoms with Crippen LogP contribution < -0.4 is 5.32 Å². The maximum absolute atomic E-state index is 12.5. The monoisotopic (exact) mass is 314 g/mol. The van der Waals surface area contributed by atoms with Crippen LogP contribution in [0.3, 0.4) is 0 Å². The summed E-state index contributed by atoms with van der Waals surface area (Å²) in [6.07, 6.45) is 0.304. The Morgan fingerprint density at radius 3 is 2.91 bits per heavy atom. The topological polar surface area (TPSA) is 69.0 Å². The van der Waals surface area contributed by atoms with Crippen LogP contribution in [-0.2, 0) is 29.5 Å². The lowest BCUT2D eigenvalue weighted by Gasteiger charge is -2.25. The fourth-order valence-electron chi connectivity index (χ4n) is 2.90. The van der Waals surface area contributed by atoms with Gasteiger partial charge in [0.25, 0.3) is 5.91 Å². The highest BCUT2D eigenvalue weighted by Crippen LogP contribution is 2.27. The summed E-state index contributed by atoms with van der Waals surface area (Å²) in [5.41, 5.74) is 2.14. The predicted octanol–water partition coefficient (Wildman–Crippen LogP) is 1.87. The van der Waals surface area contributed by atoms with Gasteiger partial charge < -0.3 is 14.6 Å². The highest BCUT2D eigenvalue weighted by Gasteiger charge is 2.27. The molecule has 0 spiro atoms. The zero-order chi connectivity index (χ0) is 16.4. The summed E-state index contributed by atoms with van der Waals surface area (Å²) in [5, 5.41) is 11.2. The zero-order valence-electron chi connectivity index (χ0n) is 13.7. The van der Waals surface area contributed by atoms with Crippen LogP contribution in [0.4, 0.5) is 0 Å². The Labute approximate surface area is 135 Å². The van der Waals surface area contributed by atoms with E-state index in [1.165, 1.54) is 5.56 Å². The van der Waals surface area contributed by atoms with Crippen molar-refractivity contribution in [1.82, 2.24) is 20.1 Å². The Kier molecular flexibility index (Phi) is 4.43. The SMILES string of the molecule is CC(C)c1nnc(CNC(=O)[C@H]2OCCc3ccccc32)n1C. The number of benzene rings is 1. The number of rotatable bonds is 4. The first-order valence-electron chi connectivity index (χ1n) is 7.93. The van der Waals surface area contributed by atoms with E-state index in [-0.39, 0.29) is 5.91 Å². The second-order valence-electron chi connectivity index (χ2n) is 6.11. The minimum absolute atomic E-state index is 0.133. The molecule has 0 unspecified atom stereocenters. The molecule has 0 bridgehead atoms. The molecule has 1 aromatic heterocycles. The number of nitrogens with zero attached hydrogens (tertiary/aromatic N) is 3. The Hall–Kier alpha value is -2.21. The zero-order valence-corrected chi connectivity index (χ0v) is 13.7. The highest BCUT2D eigenvalue weighted by atomic mass is 16.5. The summed E-state index contributed by atoms with van der Waals surface area (Å²) in [4.78, 5) is 12.5. The molecular weight excluding hydrogens is 292 g/mol. The van der Waals surface area contributed by atoms with E-state index in [1.807, 2.05) is 29.8 Å². The van der Waals surface area contributed by atoms with Crippen molar-refractivity contribution in [1.29, 1.82) is 0 Å². The van der Waals surface area contributed by atoms with E-state index < -0.39 is 6.10 Å². The molecule has 1 amide bonds. The lowest BCUT2D eigenvalue weighted by Crippen LogP contribution is -2.34. The highest BCUT2D eigenvalue weighted by molar-refractivity contribution is 5.82. The normalized spacial score (nSPS) is 17.1. The number of carbonyl (C=O) groups is 1. The van der Waals surface area contributed by atoms with Gasteiger partial charge in [0.1, 0.15) is 5.82 Å². The molecule has 0 saturated heterocycles. The standard InChI is InChI=1S/C17H22N4O2/c1-11(2)16-20-19-14(21(16)3)10-18-17(22)15-13-7-5-4-6-12(13)8-9-23-15/h4-7,11,15H,8-10H2,1-3H3,(H,18,22)/t15-/m0/s1. The van der Waals surface area contributed by atoms with Gasteiger partial charge >= 0.3 is 0 Å². The fourth-order valence-corrected chi connectivity index (χ4v) is 2.90. The average molecular weight is 314 g/mol. The van der Waals surface area contributed by atoms with Gasteiger partial charge in [0.2, 0.25) is 0 Å². The van der Waals surface area contributed by atoms with Gasteiger partial charge in [-0.25, -0.2) is 0 Å². The molecule has 122 valence electrons. The molecule has 1 aliphatic rings. The first-order chi connectivity index (χ1) is 11.1. The fraction of sp³-hybridized carbons (Fsp3) is 0.471. The van der Waals surface area contributed by atoms with Gasteiger partial charge in [0, 0.05) is 13.0 Å². The quantitative estimate of drug-likeness (QED) is 0.935. The maximum Gasteiger partial charge on any atom is 0.254 e. The van der Waals surface area contributed by atoms with E-state index in [0.29, 0.717) is 19.1 Å². The van der Waals surface area contributed by atoms with Crippen LogP contribution in [0.5, 0.6) is 0 Å². The molecule has 1 aliphatic heterocycles. The van der Waals surface area contributed by atoms with Crippen molar-refractivity contribution in [3.05, 3.63) is 47.0 Å². The summed E-state index contributed by atoms with van der Waals surface area (Å²) < 4.78 is 7.60. The molecule has 0 saturated carbocycles. The summed E-state index contributed by atoms with van der Waals surface area (Å²) >= 11 is 0. The molecule has 6 nitrogen and oxygen atoms in total. The smallest absolute Gasteiger partial charge is 0.254 e. The van der Waals surface area contributed by atoms with E-state index in [9.17, 15) is 4.79 Å². The van der Waals surface area contributed by atoms with E-state index in [4.69, 9.17) is 4.74 Å². The van der Waals surface area contributed by atoms with E-state index in [1.54, 1.807) is 0 Å². The minimum Gasteiger partial charge on any atom is -0.363 e. The third-order valence-electron chi connectivity index (χ3n) is 4.17. The lowest BCUT2D eigenvalue weighted by atomic mass is 9.97. The van der Waals surface area contributed by atoms with Crippen LogP contribution in [0.15, 0.2) is 24.3 Å². The van der Waals surface area contributed by atoms with Crippen LogP contribution >= 0.6 is 0 Å². The lowest BCUT2D eigenvalue weighted by molar-refractivity contribution is -0.134. The largest absolute Gasteiger partial charge is 0.363 e. The van der Waals surface area contributed by atoms with Gasteiger partial charge in [-0.2, -0.15) is 0 Å². The Morgan fingerprint density at radius 2 is 2.17 bits per heavy atom. The number of amides is 1. The van der Waals surface area contributed by atoms with Gasteiger partial charge in [-0.15, -0.1) is 10.2 Å². The van der Waals surface area contributed by atoms with Crippen LogP contribution in [0.1, 0.15) is 48.6 Å².